The van der Waals surface area contributed by atoms with Gasteiger partial charge in [-0.05, 0) is 90.0 Å². The standard InChI is InChI=1S/C83H124N14O14/c1-14-52(9)69(79(106)86-48-67(98)88-61(42-50(5)6)74(101)93-66(83(110)111-13)47-59-38-28-21-29-39-59)96-81(108)71(54(11)16-3)94-77(104)62(43-51(7)8)89-68(99)49-87-80(107)70(53(10)15-2)97-82(109)72(55(12)17-4)95-78(105)65(46-58-36-26-20-27-37-58)92-76(103)64(45-57-34-24-19-25-35-57)91-75(102)63(44-56-32-22-18-23-33-56)90-73(100)60(85)40-30-31-41-84/h18-29,32-39,50-55,60-66,69-72H,14-17,30-31,40-49,84-85H2,1-13H3,(H,86,106)(H,87,107)(H,88,98)(H,89,99)(H,90,100)(H,91,102)(H,92,103)(H,93,101)(H,94,104)(H,95,105)(H,96,108)(H,97,109)/t52-,53-,54-,55-,60-,61-,62-,63-,64-,65-,66-,69-,70-,71-,72-/m0/s1. The van der Waals surface area contributed by atoms with E-state index in [0.717, 1.165) is 11.1 Å². The third-order valence-electron chi connectivity index (χ3n) is 19.9. The van der Waals surface area contributed by atoms with E-state index in [4.69, 9.17) is 16.2 Å². The number of hydrogen-bond acceptors (Lipinski definition) is 16. The molecule has 28 nitrogen and oxygen atoms in total. The second kappa shape index (κ2) is 49.2. The Morgan fingerprint density at radius 2 is 0.604 bits per heavy atom. The zero-order valence-corrected chi connectivity index (χ0v) is 67.0. The van der Waals surface area contributed by atoms with Gasteiger partial charge in [0, 0.05) is 25.7 Å². The first kappa shape index (κ1) is 93.3. The van der Waals surface area contributed by atoms with Gasteiger partial charge in [0.15, 0.2) is 0 Å². The molecule has 0 aliphatic heterocycles. The number of rotatable bonds is 49. The second-order valence-electron chi connectivity index (χ2n) is 29.8. The Morgan fingerprint density at radius 3 is 0.910 bits per heavy atom. The highest BCUT2D eigenvalue weighted by Crippen LogP contribution is 2.19. The zero-order chi connectivity index (χ0) is 82.3. The molecule has 15 atom stereocenters. The maximum absolute atomic E-state index is 14.9. The van der Waals surface area contributed by atoms with Crippen LogP contribution in [0.25, 0.3) is 0 Å². The summed E-state index contributed by atoms with van der Waals surface area (Å²) in [6, 6.07) is 22.7. The molecule has 0 radical (unpaired) electrons. The predicted molar refractivity (Wildman–Crippen MR) is 426 cm³/mol. The fraction of sp³-hybridized carbons (Fsp3) is 0.554. The minimum atomic E-state index is -1.34. The number of esters is 1. The molecule has 0 aliphatic carbocycles. The zero-order valence-electron chi connectivity index (χ0n) is 67.0. The first-order valence-corrected chi connectivity index (χ1v) is 39.1. The molecule has 0 unspecified atom stereocenters. The van der Waals surface area contributed by atoms with E-state index in [1.807, 2.05) is 60.6 Å². The summed E-state index contributed by atoms with van der Waals surface area (Å²) in [5.41, 5.74) is 14.8. The van der Waals surface area contributed by atoms with Crippen molar-refractivity contribution in [3.8, 4) is 0 Å². The number of amides is 12. The average Bonchev–Trinajstić information content (AvgIpc) is 0.842. The predicted octanol–water partition coefficient (Wildman–Crippen LogP) is 3.94. The fourth-order valence-electron chi connectivity index (χ4n) is 12.4. The molecule has 4 aromatic carbocycles. The van der Waals surface area contributed by atoms with E-state index in [1.54, 1.807) is 144 Å². The van der Waals surface area contributed by atoms with Crippen LogP contribution in [-0.2, 0) is 92.7 Å². The number of methoxy groups -OCH3 is 1. The van der Waals surface area contributed by atoms with E-state index in [1.165, 1.54) is 7.11 Å². The van der Waals surface area contributed by atoms with Gasteiger partial charge in [-0.15, -0.1) is 0 Å². The number of nitrogens with two attached hydrogens (primary N) is 2. The molecule has 0 spiro atoms. The van der Waals surface area contributed by atoms with Crippen molar-refractivity contribution in [2.24, 2.45) is 47.0 Å². The SMILES string of the molecule is CC[C@H](C)[C@H](NC(=O)[C@H](CC(C)C)NC(=O)CNC(=O)[C@@H](NC(=O)[C@@H](NC(=O)[C@H](Cc1ccccc1)NC(=O)[C@H](Cc1ccccc1)NC(=O)[C@H](Cc1ccccc1)NC(=O)[C@@H](N)CCCCN)[C@@H](C)CC)[C@@H](C)CC)C(=O)N[C@H](C(=O)NCC(=O)N[C@@H](CC(C)C)C(=O)N[C@@H](Cc1ccccc1)C(=O)OC)[C@@H](C)CC. The molecule has 0 fully saturated rings. The molecule has 0 aliphatic rings. The quantitative estimate of drug-likeness (QED) is 0.0220. The summed E-state index contributed by atoms with van der Waals surface area (Å²) in [6.07, 6.45) is 3.51. The first-order chi connectivity index (χ1) is 52.9. The topological polar surface area (TPSA) is 428 Å². The van der Waals surface area contributed by atoms with Crippen LogP contribution in [0.5, 0.6) is 0 Å². The highest BCUT2D eigenvalue weighted by atomic mass is 16.5. The molecule has 111 heavy (non-hydrogen) atoms. The minimum Gasteiger partial charge on any atom is -0.467 e. The Kier molecular flexibility index (Phi) is 41.4. The molecule has 0 saturated heterocycles. The van der Waals surface area contributed by atoms with E-state index in [9.17, 15) is 62.3 Å². The molecule has 0 bridgehead atoms. The summed E-state index contributed by atoms with van der Waals surface area (Å²) >= 11 is 0. The van der Waals surface area contributed by atoms with Gasteiger partial charge in [-0.1, -0.05) is 237 Å². The van der Waals surface area contributed by atoms with E-state index in [0.29, 0.717) is 62.6 Å². The van der Waals surface area contributed by atoms with Crippen molar-refractivity contribution in [1.29, 1.82) is 0 Å². The number of benzene rings is 4. The van der Waals surface area contributed by atoms with Gasteiger partial charge in [0.05, 0.1) is 26.2 Å². The summed E-state index contributed by atoms with van der Waals surface area (Å²) in [4.78, 5) is 184. The lowest BCUT2D eigenvalue weighted by Crippen LogP contribution is -2.62. The number of ether oxygens (including phenoxy) is 1. The maximum Gasteiger partial charge on any atom is 0.328 e. The highest BCUT2D eigenvalue weighted by molar-refractivity contribution is 5.99. The maximum atomic E-state index is 14.9. The Labute approximate surface area is 655 Å². The van der Waals surface area contributed by atoms with Gasteiger partial charge in [0.1, 0.15) is 60.4 Å². The van der Waals surface area contributed by atoms with Crippen LogP contribution >= 0.6 is 0 Å². The van der Waals surface area contributed by atoms with Crippen molar-refractivity contribution in [3.05, 3.63) is 144 Å². The van der Waals surface area contributed by atoms with Gasteiger partial charge in [-0.2, -0.15) is 0 Å². The third kappa shape index (κ3) is 32.8. The van der Waals surface area contributed by atoms with E-state index in [-0.39, 0.29) is 50.4 Å². The van der Waals surface area contributed by atoms with Gasteiger partial charge in [-0.3, -0.25) is 57.5 Å². The molecule has 28 heteroatoms. The van der Waals surface area contributed by atoms with Crippen molar-refractivity contribution >= 4 is 76.9 Å². The molecular formula is C83H124N14O14. The molecule has 4 aromatic rings. The van der Waals surface area contributed by atoms with Crippen LogP contribution in [0.1, 0.15) is 163 Å². The van der Waals surface area contributed by atoms with Crippen LogP contribution in [0, 0.1) is 35.5 Å². The number of nitrogens with one attached hydrogen (secondary N) is 12. The lowest BCUT2D eigenvalue weighted by Gasteiger charge is -2.31. The highest BCUT2D eigenvalue weighted by Gasteiger charge is 2.39. The number of carbonyl (C=O) groups is 13. The molecule has 610 valence electrons. The van der Waals surface area contributed by atoms with Crippen molar-refractivity contribution in [2.45, 2.75) is 233 Å². The van der Waals surface area contributed by atoms with Crippen LogP contribution in [-0.4, -0.2) is 170 Å². The van der Waals surface area contributed by atoms with Crippen LogP contribution in [0.2, 0.25) is 0 Å². The van der Waals surface area contributed by atoms with Crippen LogP contribution in [0.4, 0.5) is 0 Å². The molecular weight excluding hydrogens is 1420 g/mol. The van der Waals surface area contributed by atoms with Crippen molar-refractivity contribution < 1.29 is 67.1 Å². The largest absolute Gasteiger partial charge is 0.467 e. The average molecular weight is 1540 g/mol. The molecule has 16 N–H and O–H groups in total. The van der Waals surface area contributed by atoms with Crippen LogP contribution < -0.4 is 75.3 Å². The Bertz CT molecular complexity index is 3610. The molecule has 0 saturated carbocycles. The van der Waals surface area contributed by atoms with Gasteiger partial charge in [0.2, 0.25) is 70.9 Å². The summed E-state index contributed by atoms with van der Waals surface area (Å²) in [7, 11) is 1.21. The number of carbonyl (C=O) groups excluding carboxylic acids is 13. The van der Waals surface area contributed by atoms with Gasteiger partial charge >= 0.3 is 5.97 Å². The monoisotopic (exact) mass is 1540 g/mol. The molecule has 0 heterocycles. The lowest BCUT2D eigenvalue weighted by molar-refractivity contribution is -0.145. The lowest BCUT2D eigenvalue weighted by atomic mass is 9.94. The fourth-order valence-corrected chi connectivity index (χ4v) is 12.4. The summed E-state index contributed by atoms with van der Waals surface area (Å²) in [5.74, 6) is -11.5. The van der Waals surface area contributed by atoms with Crippen molar-refractivity contribution in [3.63, 3.8) is 0 Å². The minimum absolute atomic E-state index is 0.0287. The molecule has 12 amide bonds. The van der Waals surface area contributed by atoms with Crippen LogP contribution in [0.15, 0.2) is 121 Å². The van der Waals surface area contributed by atoms with Crippen molar-refractivity contribution in [2.75, 3.05) is 26.7 Å². The number of unbranched alkanes of at least 4 members (excludes halogenated alkanes) is 1. The molecule has 0 aromatic heterocycles. The summed E-state index contributed by atoms with van der Waals surface area (Å²) in [6.45, 7) is 20.7. The van der Waals surface area contributed by atoms with E-state index < -0.39 is 180 Å². The first-order valence-electron chi connectivity index (χ1n) is 39.1. The summed E-state index contributed by atoms with van der Waals surface area (Å²) in [5, 5.41) is 33.2. The second-order valence-corrected chi connectivity index (χ2v) is 29.8. The van der Waals surface area contributed by atoms with Crippen LogP contribution in [0.3, 0.4) is 0 Å². The van der Waals surface area contributed by atoms with Gasteiger partial charge in [0.25, 0.3) is 0 Å². The Balaban J connectivity index is 1.50. The summed E-state index contributed by atoms with van der Waals surface area (Å²) < 4.78 is 4.97. The van der Waals surface area contributed by atoms with Gasteiger partial charge in [-0.25, -0.2) is 4.79 Å². The smallest absolute Gasteiger partial charge is 0.328 e. The Hall–Kier alpha value is -10.1. The van der Waals surface area contributed by atoms with Crippen molar-refractivity contribution in [1.82, 2.24) is 63.8 Å². The Morgan fingerprint density at radius 1 is 0.333 bits per heavy atom. The normalized spacial score (nSPS) is 15.3. The molecule has 4 rings (SSSR count). The van der Waals surface area contributed by atoms with E-state index in [2.05, 4.69) is 63.8 Å². The third-order valence-corrected chi connectivity index (χ3v) is 19.9. The number of hydrogen-bond donors (Lipinski definition) is 14. The van der Waals surface area contributed by atoms with Gasteiger partial charge < -0.3 is 80.0 Å². The van der Waals surface area contributed by atoms with E-state index >= 15 is 0 Å².